The van der Waals surface area contributed by atoms with Crippen LogP contribution >= 0.6 is 39.1 Å². The van der Waals surface area contributed by atoms with Gasteiger partial charge in [0.1, 0.15) is 35.1 Å². The molecule has 0 bridgehead atoms. The van der Waals surface area contributed by atoms with E-state index in [4.69, 9.17) is 37.2 Å². The molecular formula is C26H20BrCl2N3O4. The first-order valence-corrected chi connectivity index (χ1v) is 12.2. The highest BCUT2D eigenvalue weighted by Crippen LogP contribution is 2.31. The lowest BCUT2D eigenvalue weighted by molar-refractivity contribution is 0.0954. The lowest BCUT2D eigenvalue weighted by atomic mass is 10.1. The van der Waals surface area contributed by atoms with Gasteiger partial charge in [-0.2, -0.15) is 5.10 Å². The highest BCUT2D eigenvalue weighted by molar-refractivity contribution is 9.10. The molecule has 0 aliphatic rings. The van der Waals surface area contributed by atoms with E-state index in [1.807, 2.05) is 18.2 Å². The molecule has 0 radical (unpaired) electrons. The Bertz CT molecular complexity index is 1440. The molecule has 184 valence electrons. The van der Waals surface area contributed by atoms with Gasteiger partial charge in [-0.15, -0.1) is 0 Å². The number of nitrogens with one attached hydrogen (secondary N) is 1. The number of amides is 1. The molecule has 0 saturated heterocycles. The van der Waals surface area contributed by atoms with Crippen LogP contribution in [0.4, 0.5) is 0 Å². The van der Waals surface area contributed by atoms with Crippen LogP contribution in [0.15, 0.2) is 74.8 Å². The number of hydrogen-bond acceptors (Lipinski definition) is 6. The van der Waals surface area contributed by atoms with Crippen molar-refractivity contribution in [3.05, 3.63) is 97.6 Å². The van der Waals surface area contributed by atoms with Crippen LogP contribution in [0.3, 0.4) is 0 Å². The number of methoxy groups -OCH3 is 1. The maximum Gasteiger partial charge on any atom is 0.277 e. The van der Waals surface area contributed by atoms with Crippen molar-refractivity contribution >= 4 is 51.3 Å². The quantitative estimate of drug-likeness (QED) is 0.176. The fourth-order valence-electron chi connectivity index (χ4n) is 3.44. The van der Waals surface area contributed by atoms with Crippen LogP contribution < -0.4 is 14.9 Å². The average molecular weight is 589 g/mol. The van der Waals surface area contributed by atoms with Gasteiger partial charge in [0.05, 0.1) is 23.4 Å². The van der Waals surface area contributed by atoms with Gasteiger partial charge < -0.3 is 14.0 Å². The molecule has 4 aromatic rings. The summed E-state index contributed by atoms with van der Waals surface area (Å²) in [6.07, 6.45) is 1.52. The van der Waals surface area contributed by atoms with Crippen LogP contribution in [-0.4, -0.2) is 24.4 Å². The zero-order valence-electron chi connectivity index (χ0n) is 19.2. The number of carbonyl (C=O) groups excluding carboxylic acids is 1. The first-order chi connectivity index (χ1) is 17.4. The molecule has 4 rings (SSSR count). The van der Waals surface area contributed by atoms with Crippen molar-refractivity contribution in [3.63, 3.8) is 0 Å². The summed E-state index contributed by atoms with van der Waals surface area (Å²) < 4.78 is 17.4. The summed E-state index contributed by atoms with van der Waals surface area (Å²) >= 11 is 15.9. The first kappa shape index (κ1) is 25.8. The van der Waals surface area contributed by atoms with Crippen LogP contribution in [-0.2, 0) is 6.61 Å². The third kappa shape index (κ3) is 5.90. The van der Waals surface area contributed by atoms with E-state index in [0.717, 1.165) is 15.6 Å². The summed E-state index contributed by atoms with van der Waals surface area (Å²) in [5.41, 5.74) is 5.23. The topological polar surface area (TPSA) is 86.0 Å². The molecule has 0 aliphatic carbocycles. The van der Waals surface area contributed by atoms with Crippen molar-refractivity contribution in [2.45, 2.75) is 13.5 Å². The number of ether oxygens (including phenoxy) is 2. The van der Waals surface area contributed by atoms with Gasteiger partial charge >= 0.3 is 0 Å². The molecule has 0 unspecified atom stereocenters. The normalized spacial score (nSPS) is 11.0. The van der Waals surface area contributed by atoms with Gasteiger partial charge in [-0.3, -0.25) is 4.79 Å². The van der Waals surface area contributed by atoms with Gasteiger partial charge in [0, 0.05) is 15.6 Å². The molecule has 1 amide bonds. The summed E-state index contributed by atoms with van der Waals surface area (Å²) in [6.45, 7) is 1.87. The molecule has 0 aliphatic heterocycles. The molecule has 10 heteroatoms. The number of rotatable bonds is 8. The van der Waals surface area contributed by atoms with Gasteiger partial charge in [0.15, 0.2) is 0 Å². The molecule has 0 spiro atoms. The van der Waals surface area contributed by atoms with E-state index in [1.54, 1.807) is 56.5 Å². The van der Waals surface area contributed by atoms with Crippen LogP contribution in [0.2, 0.25) is 10.0 Å². The molecule has 0 atom stereocenters. The average Bonchev–Trinajstić information content (AvgIpc) is 3.25. The Balaban J connectivity index is 1.48. The lowest BCUT2D eigenvalue weighted by Gasteiger charge is -2.12. The summed E-state index contributed by atoms with van der Waals surface area (Å²) in [5, 5.41) is 9.06. The Kier molecular flexibility index (Phi) is 8.30. The predicted octanol–water partition coefficient (Wildman–Crippen LogP) is 7.07. The second-order valence-electron chi connectivity index (χ2n) is 7.58. The summed E-state index contributed by atoms with van der Waals surface area (Å²) in [6, 6.07) is 17.9. The van der Waals surface area contributed by atoms with Crippen LogP contribution in [0.5, 0.6) is 11.5 Å². The smallest absolute Gasteiger partial charge is 0.277 e. The molecule has 1 aromatic heterocycles. The lowest BCUT2D eigenvalue weighted by Crippen LogP contribution is -2.19. The van der Waals surface area contributed by atoms with Gasteiger partial charge in [-0.25, -0.2) is 5.43 Å². The number of benzene rings is 3. The van der Waals surface area contributed by atoms with Crippen molar-refractivity contribution < 1.29 is 18.8 Å². The summed E-state index contributed by atoms with van der Waals surface area (Å²) in [7, 11) is 1.58. The van der Waals surface area contributed by atoms with Crippen molar-refractivity contribution in [1.29, 1.82) is 0 Å². The van der Waals surface area contributed by atoms with Gasteiger partial charge in [0.25, 0.3) is 5.91 Å². The molecule has 1 N–H and O–H groups in total. The Hall–Kier alpha value is -3.33. The monoisotopic (exact) mass is 587 g/mol. The fourth-order valence-corrected chi connectivity index (χ4v) is 4.39. The van der Waals surface area contributed by atoms with E-state index in [9.17, 15) is 4.79 Å². The van der Waals surface area contributed by atoms with Crippen LogP contribution in [0.1, 0.15) is 27.2 Å². The highest BCUT2D eigenvalue weighted by Gasteiger charge is 2.22. The van der Waals surface area contributed by atoms with Crippen LogP contribution in [0.25, 0.3) is 11.3 Å². The summed E-state index contributed by atoms with van der Waals surface area (Å²) in [5.74, 6) is 1.08. The molecule has 1 heterocycles. The van der Waals surface area contributed by atoms with Crippen molar-refractivity contribution in [2.24, 2.45) is 5.10 Å². The number of nitrogens with zero attached hydrogens (tertiary/aromatic N) is 2. The molecule has 7 nitrogen and oxygen atoms in total. The van der Waals surface area contributed by atoms with E-state index >= 15 is 0 Å². The number of hydrazone groups is 1. The fraction of sp³-hybridized carbons (Fsp3) is 0.115. The second-order valence-corrected chi connectivity index (χ2v) is 9.31. The third-order valence-corrected chi connectivity index (χ3v) is 6.30. The molecule has 0 saturated carbocycles. The standard InChI is InChI=1S/C26H20BrCl2N3O4/c1-15-24(25(32-36-15)19-5-3-4-6-20(19)28)26(33)31-30-13-16-7-9-22(34-2)17(11-16)14-35-23-10-8-18(27)12-21(23)29/h3-13H,14H2,1-2H3,(H,31,33). The number of aromatic nitrogens is 1. The Morgan fingerprint density at radius 1 is 1.11 bits per heavy atom. The minimum Gasteiger partial charge on any atom is -0.496 e. The van der Waals surface area contributed by atoms with Gasteiger partial charge in [-0.05, 0) is 55.0 Å². The van der Waals surface area contributed by atoms with E-state index in [1.165, 1.54) is 6.21 Å². The summed E-state index contributed by atoms with van der Waals surface area (Å²) in [4.78, 5) is 12.9. The maximum atomic E-state index is 12.9. The largest absolute Gasteiger partial charge is 0.496 e. The second kappa shape index (κ2) is 11.6. The Morgan fingerprint density at radius 3 is 2.64 bits per heavy atom. The van der Waals surface area contributed by atoms with E-state index in [-0.39, 0.29) is 12.2 Å². The number of carbonyl (C=O) groups is 1. The maximum absolute atomic E-state index is 12.9. The molecule has 36 heavy (non-hydrogen) atoms. The number of hydrogen-bond donors (Lipinski definition) is 1. The SMILES string of the molecule is COc1ccc(C=NNC(=O)c2c(-c3ccccc3Cl)noc2C)cc1COc1ccc(Br)cc1Cl. The zero-order chi connectivity index (χ0) is 25.7. The third-order valence-electron chi connectivity index (χ3n) is 5.18. The predicted molar refractivity (Wildman–Crippen MR) is 143 cm³/mol. The zero-order valence-corrected chi connectivity index (χ0v) is 22.3. The minimum absolute atomic E-state index is 0.222. The van der Waals surface area contributed by atoms with E-state index < -0.39 is 5.91 Å². The van der Waals surface area contributed by atoms with E-state index in [0.29, 0.717) is 38.6 Å². The molecule has 0 fully saturated rings. The first-order valence-electron chi connectivity index (χ1n) is 10.7. The van der Waals surface area contributed by atoms with Crippen molar-refractivity contribution in [1.82, 2.24) is 10.6 Å². The van der Waals surface area contributed by atoms with Gasteiger partial charge in [-0.1, -0.05) is 62.5 Å². The number of halogens is 3. The minimum atomic E-state index is -0.470. The Morgan fingerprint density at radius 2 is 1.89 bits per heavy atom. The molecule has 3 aromatic carbocycles. The van der Waals surface area contributed by atoms with Crippen molar-refractivity contribution in [3.8, 4) is 22.8 Å². The molecular weight excluding hydrogens is 569 g/mol. The highest BCUT2D eigenvalue weighted by atomic mass is 79.9. The van der Waals surface area contributed by atoms with Crippen LogP contribution in [0, 0.1) is 6.92 Å². The van der Waals surface area contributed by atoms with E-state index in [2.05, 4.69) is 31.6 Å². The number of aryl methyl sites for hydroxylation is 1. The van der Waals surface area contributed by atoms with Crippen molar-refractivity contribution in [2.75, 3.05) is 7.11 Å². The van der Waals surface area contributed by atoms with Gasteiger partial charge in [0.2, 0.25) is 0 Å². The Labute approximate surface area is 226 Å².